The number of aromatic nitrogens is 1. The molecule has 2 nitrogen and oxygen atoms in total. The molecule has 0 aliphatic carbocycles. The Morgan fingerprint density at radius 2 is 2.00 bits per heavy atom. The van der Waals surface area contributed by atoms with Gasteiger partial charge in [-0.2, -0.15) is 0 Å². The molecule has 0 saturated carbocycles. The third kappa shape index (κ3) is 1.61. The van der Waals surface area contributed by atoms with Crippen molar-refractivity contribution < 1.29 is 0 Å². The van der Waals surface area contributed by atoms with E-state index in [4.69, 9.17) is 0 Å². The Bertz CT molecular complexity index is 410. The number of nitrogens with one attached hydrogen (secondary N) is 1. The molecule has 0 fully saturated rings. The van der Waals surface area contributed by atoms with Crippen molar-refractivity contribution in [3.63, 3.8) is 0 Å². The first-order valence-corrected chi connectivity index (χ1v) is 4.49. The second kappa shape index (κ2) is 3.44. The van der Waals surface area contributed by atoms with Gasteiger partial charge in [0.25, 0.3) is 0 Å². The van der Waals surface area contributed by atoms with Crippen LogP contribution < -0.4 is 5.32 Å². The van der Waals surface area contributed by atoms with Gasteiger partial charge in [-0.25, -0.2) is 4.98 Å². The second-order valence-corrected chi connectivity index (χ2v) is 2.95. The van der Waals surface area contributed by atoms with Crippen LogP contribution in [-0.4, -0.2) is 11.5 Å². The zero-order valence-corrected chi connectivity index (χ0v) is 7.62. The van der Waals surface area contributed by atoms with Crippen molar-refractivity contribution in [1.82, 2.24) is 4.98 Å². The van der Waals surface area contributed by atoms with Gasteiger partial charge in [0.1, 0.15) is 5.82 Å². The van der Waals surface area contributed by atoms with E-state index in [1.807, 2.05) is 18.3 Å². The quantitative estimate of drug-likeness (QED) is 0.753. The van der Waals surface area contributed by atoms with Gasteiger partial charge in [0.2, 0.25) is 0 Å². The van der Waals surface area contributed by atoms with Gasteiger partial charge in [-0.3, -0.25) is 0 Å². The van der Waals surface area contributed by atoms with Gasteiger partial charge in [0.05, 0.1) is 0 Å². The molecule has 2 rings (SSSR count). The van der Waals surface area contributed by atoms with Crippen LogP contribution in [0.4, 0.5) is 5.82 Å². The third-order valence-corrected chi connectivity index (χ3v) is 1.99. The van der Waals surface area contributed by atoms with Gasteiger partial charge in [-0.05, 0) is 18.4 Å². The van der Waals surface area contributed by atoms with Crippen molar-refractivity contribution in [1.29, 1.82) is 0 Å². The summed E-state index contributed by atoms with van der Waals surface area (Å²) in [6.07, 6.45) is 1.90. The number of fused-ring (bicyclic) bond motifs is 1. The number of pyridine rings is 1. The zero-order valence-electron chi connectivity index (χ0n) is 7.62. The van der Waals surface area contributed by atoms with Crippen LogP contribution in [0, 0.1) is 0 Å². The predicted octanol–water partition coefficient (Wildman–Crippen LogP) is 2.67. The molecule has 1 aromatic heterocycles. The molecule has 0 spiro atoms. The monoisotopic (exact) mass is 172 g/mol. The molecule has 1 N–H and O–H groups in total. The number of anilines is 1. The van der Waals surface area contributed by atoms with Gasteiger partial charge in [-0.1, -0.05) is 24.3 Å². The molecule has 0 aliphatic heterocycles. The molecule has 66 valence electrons. The Morgan fingerprint density at radius 1 is 1.23 bits per heavy atom. The van der Waals surface area contributed by atoms with E-state index >= 15 is 0 Å². The first kappa shape index (κ1) is 8.05. The Morgan fingerprint density at radius 3 is 2.77 bits per heavy atom. The molecule has 0 bridgehead atoms. The van der Waals surface area contributed by atoms with E-state index < -0.39 is 0 Å². The van der Waals surface area contributed by atoms with Crippen LogP contribution in [0.15, 0.2) is 36.5 Å². The van der Waals surface area contributed by atoms with E-state index in [0.717, 1.165) is 12.4 Å². The summed E-state index contributed by atoms with van der Waals surface area (Å²) in [6.45, 7) is 2.97. The van der Waals surface area contributed by atoms with E-state index in [1.165, 1.54) is 10.8 Å². The van der Waals surface area contributed by atoms with Gasteiger partial charge < -0.3 is 5.32 Å². The topological polar surface area (TPSA) is 24.9 Å². The van der Waals surface area contributed by atoms with Crippen LogP contribution >= 0.6 is 0 Å². The summed E-state index contributed by atoms with van der Waals surface area (Å²) >= 11 is 0. The van der Waals surface area contributed by atoms with Gasteiger partial charge >= 0.3 is 0 Å². The summed E-state index contributed by atoms with van der Waals surface area (Å²) in [4.78, 5) is 4.29. The maximum atomic E-state index is 4.29. The largest absolute Gasteiger partial charge is 0.370 e. The summed E-state index contributed by atoms with van der Waals surface area (Å²) < 4.78 is 0. The maximum Gasteiger partial charge on any atom is 0.126 e. The number of rotatable bonds is 2. The zero-order chi connectivity index (χ0) is 9.10. The SMILES string of the molecule is CCNc1cc2ccccc2cn1. The van der Waals surface area contributed by atoms with Crippen molar-refractivity contribution in [2.45, 2.75) is 6.92 Å². The number of nitrogens with zero attached hydrogens (tertiary/aromatic N) is 1. The minimum Gasteiger partial charge on any atom is -0.370 e. The molecule has 0 aliphatic rings. The highest BCUT2D eigenvalue weighted by molar-refractivity contribution is 5.83. The lowest BCUT2D eigenvalue weighted by atomic mass is 10.2. The molecule has 2 heteroatoms. The summed E-state index contributed by atoms with van der Waals surface area (Å²) in [5, 5.41) is 5.60. The van der Waals surface area contributed by atoms with Crippen LogP contribution in [0.3, 0.4) is 0 Å². The first-order valence-electron chi connectivity index (χ1n) is 4.49. The fourth-order valence-corrected chi connectivity index (χ4v) is 1.36. The molecular weight excluding hydrogens is 160 g/mol. The van der Waals surface area contributed by atoms with Crippen molar-refractivity contribution in [3.8, 4) is 0 Å². The highest BCUT2D eigenvalue weighted by atomic mass is 15.0. The van der Waals surface area contributed by atoms with Crippen LogP contribution in [-0.2, 0) is 0 Å². The standard InChI is InChI=1S/C11H12N2/c1-2-12-11-7-9-5-3-4-6-10(9)8-13-11/h3-8H,2H2,1H3,(H,12,13). The second-order valence-electron chi connectivity index (χ2n) is 2.95. The first-order chi connectivity index (χ1) is 6.40. The van der Waals surface area contributed by atoms with E-state index in [-0.39, 0.29) is 0 Å². The van der Waals surface area contributed by atoms with Crippen molar-refractivity contribution in [3.05, 3.63) is 36.5 Å². The predicted molar refractivity (Wildman–Crippen MR) is 55.9 cm³/mol. The Balaban J connectivity index is 2.49. The third-order valence-electron chi connectivity index (χ3n) is 1.99. The Labute approximate surface area is 77.6 Å². The minimum atomic E-state index is 0.908. The van der Waals surface area contributed by atoms with Crippen LogP contribution in [0.1, 0.15) is 6.92 Å². The lowest BCUT2D eigenvalue weighted by molar-refractivity contribution is 1.17. The molecule has 0 saturated heterocycles. The summed E-state index contributed by atoms with van der Waals surface area (Å²) in [7, 11) is 0. The molecule has 0 radical (unpaired) electrons. The highest BCUT2D eigenvalue weighted by Crippen LogP contribution is 2.15. The Hall–Kier alpha value is -1.57. The number of benzene rings is 1. The van der Waals surface area contributed by atoms with Gasteiger partial charge in [0.15, 0.2) is 0 Å². The molecule has 0 amide bonds. The van der Waals surface area contributed by atoms with E-state index in [9.17, 15) is 0 Å². The van der Waals surface area contributed by atoms with Crippen LogP contribution in [0.5, 0.6) is 0 Å². The summed E-state index contributed by atoms with van der Waals surface area (Å²) in [6, 6.07) is 10.3. The average Bonchev–Trinajstić information content (AvgIpc) is 2.18. The Kier molecular flexibility index (Phi) is 2.13. The minimum absolute atomic E-state index is 0.908. The smallest absolute Gasteiger partial charge is 0.126 e. The van der Waals surface area contributed by atoms with E-state index in [2.05, 4.69) is 35.4 Å². The number of hydrogen-bond acceptors (Lipinski definition) is 2. The molecule has 0 atom stereocenters. The van der Waals surface area contributed by atoms with Gasteiger partial charge in [0, 0.05) is 18.1 Å². The van der Waals surface area contributed by atoms with E-state index in [1.54, 1.807) is 0 Å². The maximum absolute atomic E-state index is 4.29. The normalized spacial score (nSPS) is 10.2. The fourth-order valence-electron chi connectivity index (χ4n) is 1.36. The lowest BCUT2D eigenvalue weighted by Gasteiger charge is -2.02. The fraction of sp³-hybridized carbons (Fsp3) is 0.182. The van der Waals surface area contributed by atoms with Crippen LogP contribution in [0.2, 0.25) is 0 Å². The average molecular weight is 172 g/mol. The van der Waals surface area contributed by atoms with Crippen LogP contribution in [0.25, 0.3) is 10.8 Å². The van der Waals surface area contributed by atoms with E-state index in [0.29, 0.717) is 0 Å². The van der Waals surface area contributed by atoms with Crippen molar-refractivity contribution >= 4 is 16.6 Å². The highest BCUT2D eigenvalue weighted by Gasteiger charge is 1.94. The lowest BCUT2D eigenvalue weighted by Crippen LogP contribution is -1.98. The summed E-state index contributed by atoms with van der Waals surface area (Å²) in [5.74, 6) is 0.946. The molecule has 2 aromatic rings. The molecule has 0 unspecified atom stereocenters. The van der Waals surface area contributed by atoms with Gasteiger partial charge in [-0.15, -0.1) is 0 Å². The van der Waals surface area contributed by atoms with Crippen molar-refractivity contribution in [2.24, 2.45) is 0 Å². The van der Waals surface area contributed by atoms with Crippen molar-refractivity contribution in [2.75, 3.05) is 11.9 Å². The summed E-state index contributed by atoms with van der Waals surface area (Å²) in [5.41, 5.74) is 0. The molecule has 13 heavy (non-hydrogen) atoms. The molecule has 1 aromatic carbocycles. The molecule has 1 heterocycles. The molecular formula is C11H12N2. The number of hydrogen-bond donors (Lipinski definition) is 1.